The van der Waals surface area contributed by atoms with Gasteiger partial charge in [-0.25, -0.2) is 4.39 Å². The fraction of sp³-hybridized carbons (Fsp3) is 0.316. The van der Waals surface area contributed by atoms with E-state index in [1.807, 2.05) is 19.1 Å². The predicted molar refractivity (Wildman–Crippen MR) is 103 cm³/mol. The van der Waals surface area contributed by atoms with Crippen molar-refractivity contribution >= 4 is 24.0 Å². The number of hydrogen-bond donors (Lipinski definition) is 2. The summed E-state index contributed by atoms with van der Waals surface area (Å²) in [5, 5.41) is 5.76. The number of methoxy groups -OCH3 is 1. The van der Waals surface area contributed by atoms with Gasteiger partial charge in [0.05, 0.1) is 19.4 Å². The van der Waals surface area contributed by atoms with E-state index < -0.39 is 11.9 Å². The summed E-state index contributed by atoms with van der Waals surface area (Å²) in [6.45, 7) is 3.49. The van der Waals surface area contributed by atoms with Crippen LogP contribution in [0.25, 0.3) is 0 Å². The van der Waals surface area contributed by atoms with Gasteiger partial charge in [0.15, 0.2) is 17.2 Å². The molecule has 0 spiro atoms. The number of halogens is 2. The molecule has 0 bridgehead atoms. The van der Waals surface area contributed by atoms with Crippen LogP contribution in [0.15, 0.2) is 36.4 Å². The van der Waals surface area contributed by atoms with E-state index in [0.717, 1.165) is 5.56 Å². The number of ether oxygens (including phenoxy) is 3. The zero-order chi connectivity index (χ0) is 18.5. The Labute approximate surface area is 163 Å². The molecule has 1 unspecified atom stereocenters. The second kappa shape index (κ2) is 9.55. The number of aryl methyl sites for hydroxylation is 1. The lowest BCUT2D eigenvalue weighted by molar-refractivity contribution is -0.128. The number of amides is 1. The Balaban J connectivity index is 0.00000261. The normalized spacial score (nSPS) is 16.2. The molecule has 2 aromatic rings. The summed E-state index contributed by atoms with van der Waals surface area (Å²) in [6, 6.07) is 9.41. The van der Waals surface area contributed by atoms with Crippen LogP contribution in [0.3, 0.4) is 0 Å². The lowest BCUT2D eigenvalue weighted by atomic mass is 10.2. The third kappa shape index (κ3) is 5.32. The summed E-state index contributed by atoms with van der Waals surface area (Å²) in [5.41, 5.74) is 1.25. The maximum atomic E-state index is 13.7. The molecule has 146 valence electrons. The fourth-order valence-electron chi connectivity index (χ4n) is 2.61. The number of carbonyl (C=O) groups excluding carboxylic acids is 1. The molecular weight excluding hydrogens is 375 g/mol. The molecule has 1 aliphatic rings. The van der Waals surface area contributed by atoms with Crippen molar-refractivity contribution in [3.05, 3.63) is 47.8 Å². The molecule has 3 rings (SSSR count). The molecule has 1 amide bonds. The minimum atomic E-state index is -0.631. The average molecular weight is 397 g/mol. The van der Waals surface area contributed by atoms with Crippen LogP contribution in [0.2, 0.25) is 0 Å². The molecule has 0 saturated carbocycles. The van der Waals surface area contributed by atoms with Crippen molar-refractivity contribution in [2.45, 2.75) is 13.0 Å². The summed E-state index contributed by atoms with van der Waals surface area (Å²) in [5.74, 6) is 0.489. The van der Waals surface area contributed by atoms with Gasteiger partial charge < -0.3 is 24.8 Å². The standard InChI is InChI=1S/C19H21FN2O4.ClH/c1-12-3-5-16(17(9-12)24-2)26-15-6-4-13(20)10-14(15)22-19(23)18-11-21-7-8-25-18;/h3-6,9-10,18,21H,7-8,11H2,1-2H3,(H,22,23);1H. The van der Waals surface area contributed by atoms with Gasteiger partial charge in [-0.1, -0.05) is 6.07 Å². The maximum absolute atomic E-state index is 13.7. The first kappa shape index (κ1) is 21.0. The molecule has 1 atom stereocenters. The Bertz CT molecular complexity index is 797. The van der Waals surface area contributed by atoms with Crippen molar-refractivity contribution in [1.29, 1.82) is 0 Å². The monoisotopic (exact) mass is 396 g/mol. The van der Waals surface area contributed by atoms with E-state index in [1.54, 1.807) is 13.2 Å². The van der Waals surface area contributed by atoms with E-state index in [0.29, 0.717) is 36.9 Å². The zero-order valence-corrected chi connectivity index (χ0v) is 15.9. The first-order valence-corrected chi connectivity index (χ1v) is 8.32. The smallest absolute Gasteiger partial charge is 0.254 e. The SMILES string of the molecule is COc1cc(C)ccc1Oc1ccc(F)cc1NC(=O)C1CNCCO1.Cl. The van der Waals surface area contributed by atoms with Gasteiger partial charge in [-0.15, -0.1) is 12.4 Å². The molecule has 1 aliphatic heterocycles. The van der Waals surface area contributed by atoms with Gasteiger partial charge in [0.1, 0.15) is 11.9 Å². The third-order valence-corrected chi connectivity index (χ3v) is 3.96. The number of hydrogen-bond acceptors (Lipinski definition) is 5. The van der Waals surface area contributed by atoms with Gasteiger partial charge in [-0.2, -0.15) is 0 Å². The number of anilines is 1. The largest absolute Gasteiger partial charge is 0.493 e. The van der Waals surface area contributed by atoms with E-state index in [2.05, 4.69) is 10.6 Å². The van der Waals surface area contributed by atoms with E-state index in [1.165, 1.54) is 18.2 Å². The number of carbonyl (C=O) groups is 1. The molecule has 2 N–H and O–H groups in total. The molecule has 1 heterocycles. The summed E-state index contributed by atoms with van der Waals surface area (Å²) in [6.07, 6.45) is -0.631. The van der Waals surface area contributed by atoms with Crippen LogP contribution in [-0.2, 0) is 9.53 Å². The lowest BCUT2D eigenvalue weighted by Gasteiger charge is -2.23. The van der Waals surface area contributed by atoms with Crippen LogP contribution in [0.5, 0.6) is 17.2 Å². The minimum Gasteiger partial charge on any atom is -0.493 e. The number of morpholine rings is 1. The highest BCUT2D eigenvalue weighted by atomic mass is 35.5. The van der Waals surface area contributed by atoms with Gasteiger partial charge in [-0.3, -0.25) is 4.79 Å². The second-order valence-electron chi connectivity index (χ2n) is 5.95. The van der Waals surface area contributed by atoms with Gasteiger partial charge in [0.2, 0.25) is 0 Å². The zero-order valence-electron chi connectivity index (χ0n) is 15.1. The molecule has 0 aliphatic carbocycles. The minimum absolute atomic E-state index is 0. The van der Waals surface area contributed by atoms with Crippen LogP contribution >= 0.6 is 12.4 Å². The molecule has 2 aromatic carbocycles. The number of benzene rings is 2. The number of rotatable bonds is 5. The van der Waals surface area contributed by atoms with Gasteiger partial charge in [-0.05, 0) is 36.8 Å². The Morgan fingerprint density at radius 2 is 2.00 bits per heavy atom. The Kier molecular flexibility index (Phi) is 7.41. The molecular formula is C19H22ClFN2O4. The van der Waals surface area contributed by atoms with E-state index in [4.69, 9.17) is 14.2 Å². The lowest BCUT2D eigenvalue weighted by Crippen LogP contribution is -2.45. The highest BCUT2D eigenvalue weighted by Gasteiger charge is 2.23. The van der Waals surface area contributed by atoms with Crippen molar-refractivity contribution in [2.75, 3.05) is 32.1 Å². The molecule has 0 aromatic heterocycles. The highest BCUT2D eigenvalue weighted by Crippen LogP contribution is 2.36. The summed E-state index contributed by atoms with van der Waals surface area (Å²) in [4.78, 5) is 12.4. The Morgan fingerprint density at radius 3 is 2.70 bits per heavy atom. The Morgan fingerprint density at radius 1 is 1.22 bits per heavy atom. The first-order chi connectivity index (χ1) is 12.6. The van der Waals surface area contributed by atoms with Crippen molar-refractivity contribution in [3.63, 3.8) is 0 Å². The highest BCUT2D eigenvalue weighted by molar-refractivity contribution is 5.95. The van der Waals surface area contributed by atoms with Gasteiger partial charge in [0.25, 0.3) is 5.91 Å². The molecule has 1 saturated heterocycles. The predicted octanol–water partition coefficient (Wildman–Crippen LogP) is 3.28. The molecule has 8 heteroatoms. The van der Waals surface area contributed by atoms with Crippen LogP contribution in [0.4, 0.5) is 10.1 Å². The van der Waals surface area contributed by atoms with E-state index in [-0.39, 0.29) is 24.0 Å². The summed E-state index contributed by atoms with van der Waals surface area (Å²) < 4.78 is 30.3. The van der Waals surface area contributed by atoms with Crippen LogP contribution in [-0.4, -0.2) is 38.8 Å². The fourth-order valence-corrected chi connectivity index (χ4v) is 2.61. The van der Waals surface area contributed by atoms with Crippen molar-refractivity contribution in [2.24, 2.45) is 0 Å². The van der Waals surface area contributed by atoms with E-state index >= 15 is 0 Å². The van der Waals surface area contributed by atoms with Crippen molar-refractivity contribution in [3.8, 4) is 17.2 Å². The summed E-state index contributed by atoms with van der Waals surface area (Å²) in [7, 11) is 1.54. The van der Waals surface area contributed by atoms with Gasteiger partial charge in [0, 0.05) is 19.2 Å². The molecule has 27 heavy (non-hydrogen) atoms. The van der Waals surface area contributed by atoms with Gasteiger partial charge >= 0.3 is 0 Å². The van der Waals surface area contributed by atoms with Crippen molar-refractivity contribution in [1.82, 2.24) is 5.32 Å². The second-order valence-corrected chi connectivity index (χ2v) is 5.95. The molecule has 0 radical (unpaired) electrons. The topological polar surface area (TPSA) is 68.8 Å². The average Bonchev–Trinajstić information content (AvgIpc) is 2.65. The molecule has 6 nitrogen and oxygen atoms in total. The number of nitrogens with one attached hydrogen (secondary N) is 2. The van der Waals surface area contributed by atoms with E-state index in [9.17, 15) is 9.18 Å². The van der Waals surface area contributed by atoms with Crippen molar-refractivity contribution < 1.29 is 23.4 Å². The quantitative estimate of drug-likeness (QED) is 0.811. The van der Waals surface area contributed by atoms with Crippen LogP contribution in [0.1, 0.15) is 5.56 Å². The van der Waals surface area contributed by atoms with Crippen LogP contribution in [0, 0.1) is 12.7 Å². The third-order valence-electron chi connectivity index (χ3n) is 3.96. The summed E-state index contributed by atoms with van der Waals surface area (Å²) >= 11 is 0. The maximum Gasteiger partial charge on any atom is 0.254 e. The first-order valence-electron chi connectivity index (χ1n) is 8.32. The van der Waals surface area contributed by atoms with Crippen LogP contribution < -0.4 is 20.1 Å². The molecule has 1 fully saturated rings. The Hall–Kier alpha value is -2.35.